The molecule has 1 aliphatic rings. The first kappa shape index (κ1) is 19.3. The zero-order chi connectivity index (χ0) is 16.1. The molecule has 1 heterocycles. The summed E-state index contributed by atoms with van der Waals surface area (Å²) >= 11 is 17.9. The Bertz CT molecular complexity index is 374. The van der Waals surface area contributed by atoms with Crippen molar-refractivity contribution in [3.05, 3.63) is 11.3 Å². The Morgan fingerprint density at radius 2 is 1.62 bits per heavy atom. The van der Waals surface area contributed by atoms with Gasteiger partial charge in [-0.15, -0.1) is 0 Å². The van der Waals surface area contributed by atoms with Crippen LogP contribution in [0.4, 0.5) is 0 Å². The van der Waals surface area contributed by atoms with Gasteiger partial charge in [0.2, 0.25) is 3.79 Å². The summed E-state index contributed by atoms with van der Waals surface area (Å²) in [5.74, 6) is -0.354. The fourth-order valence-corrected chi connectivity index (χ4v) is 9.45. The third-order valence-corrected chi connectivity index (χ3v) is 11.0. The molecule has 0 saturated heterocycles. The van der Waals surface area contributed by atoms with E-state index in [1.165, 1.54) is 23.3 Å². The number of hydrogen-bond donors (Lipinski definition) is 0. The minimum Gasteiger partial charge on any atom is -0.454 e. The summed E-state index contributed by atoms with van der Waals surface area (Å²) in [5, 5.41) is 1.24. The summed E-state index contributed by atoms with van der Waals surface area (Å²) in [4.78, 5) is 11.9. The van der Waals surface area contributed by atoms with Gasteiger partial charge in [-0.25, -0.2) is 4.79 Å². The van der Waals surface area contributed by atoms with E-state index in [1.54, 1.807) is 6.08 Å². The van der Waals surface area contributed by atoms with Crippen LogP contribution in [0.15, 0.2) is 11.3 Å². The molecule has 1 atom stereocenters. The van der Waals surface area contributed by atoms with Crippen molar-refractivity contribution in [2.24, 2.45) is 0 Å². The van der Waals surface area contributed by atoms with E-state index >= 15 is 0 Å². The molecule has 21 heavy (non-hydrogen) atoms. The Labute approximate surface area is 144 Å². The number of hydrogen-bond acceptors (Lipinski definition) is 2. The summed E-state index contributed by atoms with van der Waals surface area (Å²) in [6.07, 6.45) is 5.02. The normalized spacial score (nSPS) is 20.2. The average molecular weight is 372 g/mol. The topological polar surface area (TPSA) is 26.3 Å². The van der Waals surface area contributed by atoms with Gasteiger partial charge in [0, 0.05) is 12.5 Å². The highest BCUT2D eigenvalue weighted by molar-refractivity contribution is 6.86. The maximum Gasteiger partial charge on any atom is 0.330 e. The van der Waals surface area contributed by atoms with Gasteiger partial charge in [-0.1, -0.05) is 98.2 Å². The van der Waals surface area contributed by atoms with E-state index in [2.05, 4.69) is 20.8 Å². The van der Waals surface area contributed by atoms with Gasteiger partial charge in [-0.05, 0) is 0 Å². The predicted octanol–water partition coefficient (Wildman–Crippen LogP) is 5.82. The maximum atomic E-state index is 11.9. The van der Waals surface area contributed by atoms with Gasteiger partial charge in [0.1, 0.15) is 0 Å². The van der Waals surface area contributed by atoms with E-state index in [4.69, 9.17) is 39.5 Å². The summed E-state index contributed by atoms with van der Waals surface area (Å²) in [7, 11) is -1.67. The highest BCUT2D eigenvalue weighted by Gasteiger charge is 2.44. The second kappa shape index (κ2) is 8.23. The lowest BCUT2D eigenvalue weighted by Crippen LogP contribution is -2.44. The highest BCUT2D eigenvalue weighted by atomic mass is 35.6. The monoisotopic (exact) mass is 370 g/mol. The molecule has 0 fully saturated rings. The lowest BCUT2D eigenvalue weighted by molar-refractivity contribution is -0.143. The molecule has 0 bridgehead atoms. The van der Waals surface area contributed by atoms with Crippen LogP contribution >= 0.6 is 34.8 Å². The molecule has 0 saturated carbocycles. The molecule has 0 amide bonds. The molecule has 122 valence electrons. The number of halogens is 3. The number of ether oxygens (including phenoxy) is 1. The molecular weight excluding hydrogens is 347 g/mol. The van der Waals surface area contributed by atoms with Crippen molar-refractivity contribution in [1.82, 2.24) is 0 Å². The van der Waals surface area contributed by atoms with Crippen LogP contribution < -0.4 is 0 Å². The molecule has 0 aliphatic carbocycles. The van der Waals surface area contributed by atoms with Crippen LogP contribution in [-0.2, 0) is 9.53 Å². The number of cyclic esters (lactones) is 1. The van der Waals surface area contributed by atoms with Gasteiger partial charge in [-0.2, -0.15) is 0 Å². The molecule has 0 aromatic rings. The Balaban J connectivity index is 3.12. The summed E-state index contributed by atoms with van der Waals surface area (Å²) in [5.41, 5.74) is 0. The smallest absolute Gasteiger partial charge is 0.330 e. The van der Waals surface area contributed by atoms with Crippen molar-refractivity contribution < 1.29 is 9.53 Å². The van der Waals surface area contributed by atoms with Crippen LogP contribution in [0, 0.1) is 0 Å². The summed E-state index contributed by atoms with van der Waals surface area (Å²) in [6, 6.07) is 3.58. The minimum atomic E-state index is -1.67. The molecule has 2 nitrogen and oxygen atoms in total. The van der Waals surface area contributed by atoms with E-state index in [1.807, 2.05) is 0 Å². The molecule has 0 N–H and O–H groups in total. The molecular formula is C15H25Cl3O2Si. The molecule has 0 spiro atoms. The van der Waals surface area contributed by atoms with Crippen LogP contribution in [0.1, 0.15) is 46.5 Å². The number of esters is 1. The first-order chi connectivity index (χ1) is 9.79. The van der Waals surface area contributed by atoms with E-state index in [0.717, 1.165) is 19.3 Å². The molecule has 6 heteroatoms. The van der Waals surface area contributed by atoms with Crippen LogP contribution in [0.2, 0.25) is 18.1 Å². The average Bonchev–Trinajstić information content (AvgIpc) is 2.37. The third-order valence-electron chi connectivity index (χ3n) is 4.19. The fourth-order valence-electron chi connectivity index (χ4n) is 3.46. The molecule has 0 aromatic heterocycles. The van der Waals surface area contributed by atoms with Crippen molar-refractivity contribution in [3.63, 3.8) is 0 Å². The number of alkyl halides is 3. The van der Waals surface area contributed by atoms with Crippen molar-refractivity contribution >= 4 is 48.8 Å². The number of carbonyl (C=O) groups excluding carboxylic acids is 1. The number of carbonyl (C=O) groups is 1. The van der Waals surface area contributed by atoms with Gasteiger partial charge in [0.15, 0.2) is 6.10 Å². The van der Waals surface area contributed by atoms with E-state index in [-0.39, 0.29) is 5.97 Å². The number of rotatable bonds is 7. The predicted molar refractivity (Wildman–Crippen MR) is 93.9 cm³/mol. The largest absolute Gasteiger partial charge is 0.454 e. The van der Waals surface area contributed by atoms with Crippen molar-refractivity contribution in [1.29, 1.82) is 0 Å². The molecule has 1 rings (SSSR count). The molecule has 0 unspecified atom stereocenters. The second-order valence-electron chi connectivity index (χ2n) is 5.87. The van der Waals surface area contributed by atoms with Gasteiger partial charge in [-0.3, -0.25) is 0 Å². The third kappa shape index (κ3) is 5.16. The standard InChI is InChI=1S/C15H25Cl3O2Si/c1-4-7-21(8-5-2,9-6-3)12-10-13(15(16,17)18)20-14(19)11-12/h11,13H,4-10H2,1-3H3/t13-/m0/s1. The minimum absolute atomic E-state index is 0.354. The zero-order valence-corrected chi connectivity index (χ0v) is 16.3. The summed E-state index contributed by atoms with van der Waals surface area (Å²) < 4.78 is 3.67. The first-order valence-electron chi connectivity index (χ1n) is 7.77. The Morgan fingerprint density at radius 3 is 2.00 bits per heavy atom. The van der Waals surface area contributed by atoms with E-state index < -0.39 is 18.0 Å². The van der Waals surface area contributed by atoms with E-state index in [9.17, 15) is 4.79 Å². The van der Waals surface area contributed by atoms with Gasteiger partial charge in [0.05, 0.1) is 8.07 Å². The zero-order valence-electron chi connectivity index (χ0n) is 13.1. The van der Waals surface area contributed by atoms with Crippen molar-refractivity contribution in [2.75, 3.05) is 0 Å². The Hall–Kier alpha value is 0.297. The lowest BCUT2D eigenvalue weighted by Gasteiger charge is -2.39. The quantitative estimate of drug-likeness (QED) is 0.320. The van der Waals surface area contributed by atoms with Crippen LogP contribution in [0.25, 0.3) is 0 Å². The highest BCUT2D eigenvalue weighted by Crippen LogP contribution is 2.42. The van der Waals surface area contributed by atoms with Gasteiger partial charge >= 0.3 is 5.97 Å². The molecule has 1 aliphatic heterocycles. The van der Waals surface area contributed by atoms with Crippen LogP contribution in [0.3, 0.4) is 0 Å². The molecule has 0 radical (unpaired) electrons. The second-order valence-corrected chi connectivity index (χ2v) is 12.9. The van der Waals surface area contributed by atoms with Gasteiger partial charge < -0.3 is 4.74 Å². The lowest BCUT2D eigenvalue weighted by atomic mass is 10.2. The van der Waals surface area contributed by atoms with Crippen molar-refractivity contribution in [2.45, 2.75) is 74.5 Å². The SMILES string of the molecule is CCC[Si](CCC)(CCC)C1=CC(=O)O[C@H](C(Cl)(Cl)Cl)C1. The Kier molecular flexibility index (Phi) is 7.58. The first-order valence-corrected chi connectivity index (χ1v) is 11.5. The summed E-state index contributed by atoms with van der Waals surface area (Å²) in [6.45, 7) is 6.63. The van der Waals surface area contributed by atoms with Crippen LogP contribution in [-0.4, -0.2) is 23.9 Å². The van der Waals surface area contributed by atoms with E-state index in [0.29, 0.717) is 6.42 Å². The maximum absolute atomic E-state index is 11.9. The van der Waals surface area contributed by atoms with Gasteiger partial charge in [0.25, 0.3) is 0 Å². The van der Waals surface area contributed by atoms with Crippen LogP contribution in [0.5, 0.6) is 0 Å². The Morgan fingerprint density at radius 1 is 1.14 bits per heavy atom. The fraction of sp³-hybridized carbons (Fsp3) is 0.800. The molecule has 0 aromatic carbocycles. The van der Waals surface area contributed by atoms with Crippen molar-refractivity contribution in [3.8, 4) is 0 Å².